The maximum absolute atomic E-state index is 12.1. The number of esters is 1. The second kappa shape index (κ2) is 6.45. The number of fused-ring (bicyclic) bond motifs is 3. The molecule has 0 bridgehead atoms. The Balaban J connectivity index is 2.32. The summed E-state index contributed by atoms with van der Waals surface area (Å²) in [6.07, 6.45) is 5.26. The minimum atomic E-state index is -0.430. The van der Waals surface area contributed by atoms with Crippen LogP contribution in [0.3, 0.4) is 0 Å². The number of benzene rings is 1. The molecule has 25 heavy (non-hydrogen) atoms. The molecule has 1 atom stereocenters. The number of ether oxygens (including phenoxy) is 1. The number of rotatable bonds is 4. The first-order valence-corrected chi connectivity index (χ1v) is 8.26. The van der Waals surface area contributed by atoms with Gasteiger partial charge in [-0.2, -0.15) is 10.5 Å². The zero-order chi connectivity index (χ0) is 18.0. The lowest BCUT2D eigenvalue weighted by Gasteiger charge is -2.36. The molecule has 0 saturated heterocycles. The third-order valence-electron chi connectivity index (χ3n) is 5.16. The summed E-state index contributed by atoms with van der Waals surface area (Å²) in [5.74, 6) is -0.269. The number of aromatic nitrogens is 1. The van der Waals surface area contributed by atoms with Gasteiger partial charge in [0.05, 0.1) is 36.2 Å². The number of methoxy groups -OCH3 is 1. The van der Waals surface area contributed by atoms with E-state index in [9.17, 15) is 15.3 Å². The third-order valence-corrected chi connectivity index (χ3v) is 5.16. The molecule has 5 nitrogen and oxygen atoms in total. The van der Waals surface area contributed by atoms with Crippen molar-refractivity contribution in [3.8, 4) is 12.1 Å². The molecule has 0 radical (unpaired) electrons. The van der Waals surface area contributed by atoms with Crippen LogP contribution in [0.15, 0.2) is 24.8 Å². The van der Waals surface area contributed by atoms with Crippen LogP contribution < -0.4 is 0 Å². The number of aromatic amines is 1. The number of carbonyl (C=O) groups is 1. The zero-order valence-corrected chi connectivity index (χ0v) is 14.2. The number of nitrogens with zero attached hydrogens (tertiary/aromatic N) is 2. The standard InChI is InChI=1S/C20H19N3O2/c1-3-8-20(10-16(24)25-2)9-4-5-15-17-13(11-21)6-7-14(12-22)18(17)23-19(15)20/h3,6-7,23H,1,4-5,8-10H2,2H3. The van der Waals surface area contributed by atoms with Crippen LogP contribution in [0.1, 0.15) is 48.1 Å². The molecular weight excluding hydrogens is 314 g/mol. The molecule has 1 N–H and O–H groups in total. The molecule has 0 aliphatic heterocycles. The van der Waals surface area contributed by atoms with Gasteiger partial charge in [0.15, 0.2) is 0 Å². The Hall–Kier alpha value is -3.05. The Kier molecular flexibility index (Phi) is 4.33. The molecule has 0 fully saturated rings. The van der Waals surface area contributed by atoms with E-state index in [0.717, 1.165) is 35.9 Å². The maximum Gasteiger partial charge on any atom is 0.306 e. The topological polar surface area (TPSA) is 89.7 Å². The lowest BCUT2D eigenvalue weighted by atomic mass is 9.69. The summed E-state index contributed by atoms with van der Waals surface area (Å²) in [6.45, 7) is 3.86. The molecule has 1 aliphatic carbocycles. The highest BCUT2D eigenvalue weighted by atomic mass is 16.5. The number of nitrogens with one attached hydrogen (secondary N) is 1. The van der Waals surface area contributed by atoms with Crippen LogP contribution in [-0.4, -0.2) is 18.1 Å². The SMILES string of the molecule is C=CCC1(CC(=O)OC)CCCc2c1[nH]c1c(C#N)ccc(C#N)c21. The lowest BCUT2D eigenvalue weighted by molar-refractivity contribution is -0.142. The summed E-state index contributed by atoms with van der Waals surface area (Å²) in [5.41, 5.74) is 3.31. The van der Waals surface area contributed by atoms with Crippen LogP contribution >= 0.6 is 0 Å². The van der Waals surface area contributed by atoms with E-state index in [4.69, 9.17) is 4.74 Å². The predicted molar refractivity (Wildman–Crippen MR) is 93.8 cm³/mol. The Morgan fingerprint density at radius 1 is 1.40 bits per heavy atom. The van der Waals surface area contributed by atoms with Gasteiger partial charge in [-0.1, -0.05) is 6.08 Å². The molecule has 0 amide bonds. The minimum Gasteiger partial charge on any atom is -0.469 e. The van der Waals surface area contributed by atoms with Crippen LogP contribution in [-0.2, 0) is 21.4 Å². The van der Waals surface area contributed by atoms with E-state index in [0.29, 0.717) is 23.1 Å². The van der Waals surface area contributed by atoms with Crippen LogP contribution in [0, 0.1) is 22.7 Å². The van der Waals surface area contributed by atoms with Gasteiger partial charge in [-0.3, -0.25) is 4.79 Å². The van der Waals surface area contributed by atoms with Gasteiger partial charge >= 0.3 is 5.97 Å². The van der Waals surface area contributed by atoms with E-state index in [1.165, 1.54) is 7.11 Å². The number of hydrogen-bond donors (Lipinski definition) is 1. The second-order valence-electron chi connectivity index (χ2n) is 6.49. The Morgan fingerprint density at radius 2 is 2.12 bits per heavy atom. The van der Waals surface area contributed by atoms with Gasteiger partial charge in [0.2, 0.25) is 0 Å². The van der Waals surface area contributed by atoms with Gasteiger partial charge < -0.3 is 9.72 Å². The third kappa shape index (κ3) is 2.58. The highest BCUT2D eigenvalue weighted by molar-refractivity contribution is 5.94. The number of hydrogen-bond acceptors (Lipinski definition) is 4. The van der Waals surface area contributed by atoms with Crippen molar-refractivity contribution in [2.75, 3.05) is 7.11 Å². The summed E-state index contributed by atoms with van der Waals surface area (Å²) in [7, 11) is 1.39. The quantitative estimate of drug-likeness (QED) is 0.683. The minimum absolute atomic E-state index is 0.249. The number of H-pyrrole nitrogens is 1. The number of carbonyl (C=O) groups excluding carboxylic acids is 1. The fraction of sp³-hybridized carbons (Fsp3) is 0.350. The lowest BCUT2D eigenvalue weighted by Crippen LogP contribution is -2.33. The van der Waals surface area contributed by atoms with E-state index < -0.39 is 5.41 Å². The van der Waals surface area contributed by atoms with Crippen molar-refractivity contribution in [1.82, 2.24) is 4.98 Å². The van der Waals surface area contributed by atoms with E-state index in [2.05, 4.69) is 23.7 Å². The summed E-state index contributed by atoms with van der Waals surface area (Å²) in [4.78, 5) is 15.4. The first-order chi connectivity index (χ1) is 12.1. The van der Waals surface area contributed by atoms with Gasteiger partial charge in [-0.15, -0.1) is 6.58 Å². The Labute approximate surface area is 146 Å². The zero-order valence-electron chi connectivity index (χ0n) is 14.2. The molecule has 0 saturated carbocycles. The molecule has 0 spiro atoms. The van der Waals surface area contributed by atoms with Gasteiger partial charge in [-0.25, -0.2) is 0 Å². The smallest absolute Gasteiger partial charge is 0.306 e. The van der Waals surface area contributed by atoms with Gasteiger partial charge in [0.1, 0.15) is 6.07 Å². The summed E-state index contributed by atoms with van der Waals surface area (Å²) >= 11 is 0. The molecule has 126 valence electrons. The molecule has 1 unspecified atom stereocenters. The second-order valence-corrected chi connectivity index (χ2v) is 6.49. The molecule has 1 aliphatic rings. The first kappa shape index (κ1) is 16.8. The average Bonchev–Trinajstić information content (AvgIpc) is 3.02. The van der Waals surface area contributed by atoms with Crippen LogP contribution in [0.25, 0.3) is 10.9 Å². The van der Waals surface area contributed by atoms with E-state index >= 15 is 0 Å². The highest BCUT2D eigenvalue weighted by Gasteiger charge is 2.40. The molecule has 5 heteroatoms. The largest absolute Gasteiger partial charge is 0.469 e. The summed E-state index contributed by atoms with van der Waals surface area (Å²) < 4.78 is 4.91. The van der Waals surface area contributed by atoms with Gasteiger partial charge in [0.25, 0.3) is 0 Å². The van der Waals surface area contributed by atoms with Gasteiger partial charge in [-0.05, 0) is 43.4 Å². The molecule has 1 aromatic carbocycles. The fourth-order valence-electron chi connectivity index (χ4n) is 4.07. The molecule has 3 rings (SSSR count). The van der Waals surface area contributed by atoms with Crippen molar-refractivity contribution in [1.29, 1.82) is 10.5 Å². The monoisotopic (exact) mass is 333 g/mol. The van der Waals surface area contributed by atoms with E-state index in [-0.39, 0.29) is 12.4 Å². The van der Waals surface area contributed by atoms with Crippen LogP contribution in [0.2, 0.25) is 0 Å². The summed E-state index contributed by atoms with van der Waals surface area (Å²) in [5, 5.41) is 19.7. The van der Waals surface area contributed by atoms with E-state index in [1.807, 2.05) is 6.08 Å². The van der Waals surface area contributed by atoms with E-state index in [1.54, 1.807) is 12.1 Å². The first-order valence-electron chi connectivity index (χ1n) is 8.26. The van der Waals surface area contributed by atoms with Crippen molar-refractivity contribution in [3.63, 3.8) is 0 Å². The van der Waals surface area contributed by atoms with Crippen molar-refractivity contribution >= 4 is 16.9 Å². The molecule has 2 aromatic rings. The number of allylic oxidation sites excluding steroid dienone is 1. The van der Waals surface area contributed by atoms with Crippen molar-refractivity contribution < 1.29 is 9.53 Å². The number of aryl methyl sites for hydroxylation is 1. The molecular formula is C20H19N3O2. The fourth-order valence-corrected chi connectivity index (χ4v) is 4.07. The van der Waals surface area contributed by atoms with Crippen molar-refractivity contribution in [2.45, 2.75) is 37.5 Å². The number of nitriles is 2. The van der Waals surface area contributed by atoms with Crippen molar-refractivity contribution in [2.24, 2.45) is 0 Å². The molecule has 1 heterocycles. The normalized spacial score (nSPS) is 18.8. The van der Waals surface area contributed by atoms with Crippen LogP contribution in [0.4, 0.5) is 0 Å². The van der Waals surface area contributed by atoms with Gasteiger partial charge in [0, 0.05) is 16.5 Å². The average molecular weight is 333 g/mol. The Morgan fingerprint density at radius 3 is 2.76 bits per heavy atom. The van der Waals surface area contributed by atoms with Crippen molar-refractivity contribution in [3.05, 3.63) is 47.2 Å². The molecule has 1 aromatic heterocycles. The van der Waals surface area contributed by atoms with Crippen LogP contribution in [0.5, 0.6) is 0 Å². The highest BCUT2D eigenvalue weighted by Crippen LogP contribution is 2.46. The maximum atomic E-state index is 12.1. The Bertz CT molecular complexity index is 942. The summed E-state index contributed by atoms with van der Waals surface area (Å²) in [6, 6.07) is 7.78. The predicted octanol–water partition coefficient (Wildman–Crippen LogP) is 3.62.